The van der Waals surface area contributed by atoms with Crippen LogP contribution in [0.3, 0.4) is 0 Å². The van der Waals surface area contributed by atoms with Crippen LogP contribution in [0.25, 0.3) is 11.4 Å². The second-order valence-corrected chi connectivity index (χ2v) is 9.18. The highest BCUT2D eigenvalue weighted by atomic mass is 35.5. The molecule has 1 N–H and O–H groups in total. The maximum Gasteiger partial charge on any atom is 0.234 e. The summed E-state index contributed by atoms with van der Waals surface area (Å²) >= 11 is 13.9. The van der Waals surface area contributed by atoms with Crippen LogP contribution in [0.5, 0.6) is 0 Å². The number of benzene rings is 2. The van der Waals surface area contributed by atoms with Crippen LogP contribution in [0.2, 0.25) is 10.0 Å². The maximum atomic E-state index is 12.6. The second-order valence-electron chi connectivity index (χ2n) is 7.39. The van der Waals surface area contributed by atoms with Crippen LogP contribution in [-0.4, -0.2) is 26.4 Å². The van der Waals surface area contributed by atoms with E-state index in [1.54, 1.807) is 6.07 Å². The maximum absolute atomic E-state index is 12.6. The number of nitrogens with one attached hydrogen (secondary N) is 1. The molecule has 0 saturated heterocycles. The number of halogens is 2. The van der Waals surface area contributed by atoms with Gasteiger partial charge in [0.15, 0.2) is 11.0 Å². The fourth-order valence-corrected chi connectivity index (χ4v) is 4.94. The largest absolute Gasteiger partial charge is 0.325 e. The molecule has 0 radical (unpaired) electrons. The van der Waals surface area contributed by atoms with E-state index in [2.05, 4.69) is 20.1 Å². The number of anilines is 1. The number of hydrogen-bond donors (Lipinski definition) is 1. The summed E-state index contributed by atoms with van der Waals surface area (Å²) in [5.41, 5.74) is 2.56. The Balaban J connectivity index is 1.55. The van der Waals surface area contributed by atoms with Gasteiger partial charge in [-0.15, -0.1) is 10.2 Å². The Kier molecular flexibility index (Phi) is 6.66. The van der Waals surface area contributed by atoms with Crippen molar-refractivity contribution in [3.05, 3.63) is 58.1 Å². The van der Waals surface area contributed by atoms with Crippen molar-refractivity contribution in [2.45, 2.75) is 43.8 Å². The van der Waals surface area contributed by atoms with Crippen LogP contribution in [0, 0.1) is 6.92 Å². The molecule has 0 spiro atoms. The number of carbonyl (C=O) groups excluding carboxylic acids is 1. The van der Waals surface area contributed by atoms with Gasteiger partial charge in [0.1, 0.15) is 0 Å². The Bertz CT molecular complexity index is 1060. The van der Waals surface area contributed by atoms with Crippen LogP contribution in [0.1, 0.15) is 37.3 Å². The predicted molar refractivity (Wildman–Crippen MR) is 124 cm³/mol. The normalized spacial score (nSPS) is 14.2. The van der Waals surface area contributed by atoms with Crippen LogP contribution >= 0.6 is 35.0 Å². The van der Waals surface area contributed by atoms with E-state index in [0.717, 1.165) is 40.6 Å². The fourth-order valence-electron chi connectivity index (χ4n) is 3.74. The molecule has 0 aliphatic heterocycles. The number of hydrogen-bond acceptors (Lipinski definition) is 4. The first kappa shape index (κ1) is 21.2. The van der Waals surface area contributed by atoms with Gasteiger partial charge >= 0.3 is 0 Å². The monoisotopic (exact) mass is 460 g/mol. The van der Waals surface area contributed by atoms with Crippen LogP contribution in [-0.2, 0) is 4.79 Å². The van der Waals surface area contributed by atoms with Crippen molar-refractivity contribution in [3.63, 3.8) is 0 Å². The SMILES string of the molecule is Cc1ccc(Cl)cc1NC(=O)CSc1nnc(-c2ccccc2Cl)n1C1CCCC1. The van der Waals surface area contributed by atoms with E-state index in [0.29, 0.717) is 16.1 Å². The van der Waals surface area contributed by atoms with Gasteiger partial charge in [-0.05, 0) is 49.6 Å². The van der Waals surface area contributed by atoms with Crippen molar-refractivity contribution in [3.8, 4) is 11.4 Å². The van der Waals surface area contributed by atoms with Gasteiger partial charge in [0, 0.05) is 22.3 Å². The van der Waals surface area contributed by atoms with Gasteiger partial charge in [-0.1, -0.05) is 66.0 Å². The first-order chi connectivity index (χ1) is 14.5. The number of thioether (sulfide) groups is 1. The van der Waals surface area contributed by atoms with Crippen molar-refractivity contribution < 1.29 is 4.79 Å². The number of aromatic nitrogens is 3. The van der Waals surface area contributed by atoms with E-state index in [1.165, 1.54) is 24.6 Å². The molecule has 1 saturated carbocycles. The minimum atomic E-state index is -0.106. The van der Waals surface area contributed by atoms with Crippen molar-refractivity contribution in [1.82, 2.24) is 14.8 Å². The van der Waals surface area contributed by atoms with E-state index < -0.39 is 0 Å². The third kappa shape index (κ3) is 4.66. The average molecular weight is 461 g/mol. The number of rotatable bonds is 6. The Morgan fingerprint density at radius 3 is 2.70 bits per heavy atom. The minimum absolute atomic E-state index is 0.106. The lowest BCUT2D eigenvalue weighted by atomic mass is 10.2. The molecule has 5 nitrogen and oxygen atoms in total. The third-order valence-electron chi connectivity index (χ3n) is 5.28. The summed E-state index contributed by atoms with van der Waals surface area (Å²) in [5, 5.41) is 13.8. The highest BCUT2D eigenvalue weighted by Crippen LogP contribution is 2.38. The molecule has 2 aromatic carbocycles. The highest BCUT2D eigenvalue weighted by molar-refractivity contribution is 7.99. The molecular formula is C22H22Cl2N4OS. The van der Waals surface area contributed by atoms with E-state index >= 15 is 0 Å². The Labute approximate surface area is 190 Å². The number of carbonyl (C=O) groups is 1. The van der Waals surface area contributed by atoms with Gasteiger partial charge in [0.25, 0.3) is 0 Å². The van der Waals surface area contributed by atoms with Crippen LogP contribution in [0.15, 0.2) is 47.6 Å². The van der Waals surface area contributed by atoms with Gasteiger partial charge in [0.05, 0.1) is 10.8 Å². The van der Waals surface area contributed by atoms with E-state index in [4.69, 9.17) is 23.2 Å². The molecular weight excluding hydrogens is 439 g/mol. The first-order valence-corrected chi connectivity index (χ1v) is 11.7. The topological polar surface area (TPSA) is 59.8 Å². The summed E-state index contributed by atoms with van der Waals surface area (Å²) in [6.45, 7) is 1.94. The summed E-state index contributed by atoms with van der Waals surface area (Å²) in [5.74, 6) is 0.894. The Morgan fingerprint density at radius 1 is 1.17 bits per heavy atom. The molecule has 4 rings (SSSR count). The average Bonchev–Trinajstić information content (AvgIpc) is 3.39. The lowest BCUT2D eigenvalue weighted by molar-refractivity contribution is -0.113. The van der Waals surface area contributed by atoms with Crippen molar-refractivity contribution in [2.75, 3.05) is 11.1 Å². The summed E-state index contributed by atoms with van der Waals surface area (Å²) in [7, 11) is 0. The quantitative estimate of drug-likeness (QED) is 0.431. The van der Waals surface area contributed by atoms with Crippen LogP contribution in [0.4, 0.5) is 5.69 Å². The summed E-state index contributed by atoms with van der Waals surface area (Å²) < 4.78 is 2.16. The minimum Gasteiger partial charge on any atom is -0.325 e. The number of aryl methyl sites for hydroxylation is 1. The molecule has 1 amide bonds. The second kappa shape index (κ2) is 9.41. The Morgan fingerprint density at radius 2 is 1.93 bits per heavy atom. The molecule has 1 fully saturated rings. The molecule has 156 valence electrons. The van der Waals surface area contributed by atoms with Gasteiger partial charge in [-0.3, -0.25) is 9.36 Å². The molecule has 30 heavy (non-hydrogen) atoms. The summed E-state index contributed by atoms with van der Waals surface area (Å²) in [6, 6.07) is 13.4. The van der Waals surface area contributed by atoms with E-state index in [-0.39, 0.29) is 11.7 Å². The summed E-state index contributed by atoms with van der Waals surface area (Å²) in [4.78, 5) is 12.6. The van der Waals surface area contributed by atoms with Gasteiger partial charge in [-0.25, -0.2) is 0 Å². The van der Waals surface area contributed by atoms with Gasteiger partial charge in [0.2, 0.25) is 5.91 Å². The van der Waals surface area contributed by atoms with Crippen molar-refractivity contribution in [2.24, 2.45) is 0 Å². The molecule has 1 aliphatic carbocycles. The van der Waals surface area contributed by atoms with Crippen LogP contribution < -0.4 is 5.32 Å². The zero-order valence-corrected chi connectivity index (χ0v) is 18.9. The third-order valence-corrected chi connectivity index (χ3v) is 6.78. The fraction of sp³-hybridized carbons (Fsp3) is 0.318. The molecule has 1 aliphatic rings. The summed E-state index contributed by atoms with van der Waals surface area (Å²) in [6.07, 6.45) is 4.53. The van der Waals surface area contributed by atoms with E-state index in [9.17, 15) is 4.79 Å². The lowest BCUT2D eigenvalue weighted by Crippen LogP contribution is -2.16. The number of amides is 1. The zero-order valence-electron chi connectivity index (χ0n) is 16.6. The van der Waals surface area contributed by atoms with E-state index in [1.807, 2.05) is 43.3 Å². The molecule has 1 heterocycles. The van der Waals surface area contributed by atoms with Crippen molar-refractivity contribution >= 4 is 46.6 Å². The molecule has 0 bridgehead atoms. The van der Waals surface area contributed by atoms with Gasteiger partial charge < -0.3 is 5.32 Å². The molecule has 0 atom stereocenters. The highest BCUT2D eigenvalue weighted by Gasteiger charge is 2.26. The smallest absolute Gasteiger partial charge is 0.234 e. The standard InChI is InChI=1S/C22H22Cl2N4OS/c1-14-10-11-15(23)12-19(14)25-20(29)13-30-22-27-26-21(17-8-4-5-9-18(17)24)28(22)16-6-2-3-7-16/h4-5,8-12,16H,2-3,6-7,13H2,1H3,(H,25,29). The Hall–Kier alpha value is -2.02. The predicted octanol–water partition coefficient (Wildman–Crippen LogP) is 6.41. The zero-order chi connectivity index (χ0) is 21.1. The van der Waals surface area contributed by atoms with Crippen molar-refractivity contribution in [1.29, 1.82) is 0 Å². The molecule has 0 unspecified atom stereocenters. The lowest BCUT2D eigenvalue weighted by Gasteiger charge is -2.17. The molecule has 8 heteroatoms. The molecule has 3 aromatic rings. The first-order valence-electron chi connectivity index (χ1n) is 9.91. The molecule has 1 aromatic heterocycles. The number of nitrogens with zero attached hydrogens (tertiary/aromatic N) is 3. The van der Waals surface area contributed by atoms with Gasteiger partial charge in [-0.2, -0.15) is 0 Å².